The molecule has 0 aromatic rings. The van der Waals surface area contributed by atoms with E-state index in [1.54, 1.807) is 6.08 Å². The van der Waals surface area contributed by atoms with Crippen LogP contribution >= 0.6 is 0 Å². The van der Waals surface area contributed by atoms with Crippen molar-refractivity contribution in [3.63, 3.8) is 0 Å². The third kappa shape index (κ3) is 1.23. The highest BCUT2D eigenvalue weighted by molar-refractivity contribution is 5.66. The Hall–Kier alpha value is -1.03. The van der Waals surface area contributed by atoms with Crippen LogP contribution in [0.4, 0.5) is 4.79 Å². The summed E-state index contributed by atoms with van der Waals surface area (Å²) in [5, 5.41) is 0. The molecular weight excluding hydrogens is 110 g/mol. The summed E-state index contributed by atoms with van der Waals surface area (Å²) in [6.45, 7) is 0.353. The Kier molecular flexibility index (Phi) is 1.48. The number of carbonyl (C=O) groups excluding carboxylic acids is 1. The van der Waals surface area contributed by atoms with Crippen molar-refractivity contribution in [3.8, 4) is 0 Å². The minimum absolute atomic E-state index is 0.353. The van der Waals surface area contributed by atoms with Gasteiger partial charge in [0.2, 0.25) is 0 Å². The average Bonchev–Trinajstić information content (AvgIpc) is 1.94. The lowest BCUT2D eigenvalue weighted by atomic mass is 10.7. The second-order valence-electron chi connectivity index (χ2n) is 1.19. The van der Waals surface area contributed by atoms with Crippen molar-refractivity contribution in [3.05, 3.63) is 12.3 Å². The molecule has 0 bridgehead atoms. The van der Waals surface area contributed by atoms with Gasteiger partial charge in [-0.05, 0) is 6.08 Å². The molecule has 1 heterocycles. The molecule has 1 amide bonds. The third-order valence-electron chi connectivity index (χ3n) is 0.606. The number of hydrogen-bond donors (Lipinski definition) is 1. The van der Waals surface area contributed by atoms with E-state index in [-0.39, 0.29) is 0 Å². The van der Waals surface area contributed by atoms with Crippen LogP contribution in [0.25, 0.3) is 0 Å². The molecule has 8 heavy (non-hydrogen) atoms. The minimum atomic E-state index is -0.584. The van der Waals surface area contributed by atoms with Crippen LogP contribution in [0.1, 0.15) is 0 Å². The Balaban J connectivity index is 2.41. The van der Waals surface area contributed by atoms with Crippen LogP contribution in [-0.2, 0) is 9.57 Å². The average molecular weight is 115 g/mol. The van der Waals surface area contributed by atoms with Crippen LogP contribution in [0.5, 0.6) is 0 Å². The van der Waals surface area contributed by atoms with Crippen molar-refractivity contribution in [2.75, 3.05) is 6.61 Å². The summed E-state index contributed by atoms with van der Waals surface area (Å²) in [5.41, 5.74) is 2.02. The van der Waals surface area contributed by atoms with Crippen molar-refractivity contribution >= 4 is 6.09 Å². The molecule has 4 nitrogen and oxygen atoms in total. The fraction of sp³-hybridized carbons (Fsp3) is 0.250. The van der Waals surface area contributed by atoms with E-state index in [0.717, 1.165) is 0 Å². The minimum Gasteiger partial charge on any atom is -0.417 e. The van der Waals surface area contributed by atoms with Gasteiger partial charge in [0, 0.05) is 0 Å². The van der Waals surface area contributed by atoms with Crippen LogP contribution < -0.4 is 5.48 Å². The molecule has 0 spiro atoms. The van der Waals surface area contributed by atoms with E-state index in [1.807, 2.05) is 5.48 Å². The molecule has 1 aliphatic rings. The SMILES string of the molecule is O=C1NOCC=CO1. The number of hydroxylamine groups is 1. The van der Waals surface area contributed by atoms with Crippen molar-refractivity contribution in [2.45, 2.75) is 0 Å². The van der Waals surface area contributed by atoms with Crippen LogP contribution in [0.2, 0.25) is 0 Å². The molecule has 4 heteroatoms. The first-order valence-corrected chi connectivity index (χ1v) is 2.13. The second kappa shape index (κ2) is 2.32. The first kappa shape index (κ1) is 5.11. The van der Waals surface area contributed by atoms with Gasteiger partial charge in [-0.15, -0.1) is 0 Å². The summed E-state index contributed by atoms with van der Waals surface area (Å²) >= 11 is 0. The standard InChI is InChI=1S/C4H5NO3/c6-4-5-8-3-1-2-7-4/h1-2H,3H2,(H,5,6). The monoisotopic (exact) mass is 115 g/mol. The highest BCUT2D eigenvalue weighted by Crippen LogP contribution is 1.85. The zero-order valence-electron chi connectivity index (χ0n) is 4.09. The predicted octanol–water partition coefficient (Wildman–Crippen LogP) is 0.172. The summed E-state index contributed by atoms with van der Waals surface area (Å²) < 4.78 is 4.35. The molecule has 0 aromatic heterocycles. The number of nitrogens with one attached hydrogen (secondary N) is 1. The molecule has 0 unspecified atom stereocenters. The molecule has 0 aliphatic carbocycles. The van der Waals surface area contributed by atoms with Crippen molar-refractivity contribution in [2.24, 2.45) is 0 Å². The van der Waals surface area contributed by atoms with Crippen LogP contribution in [0.15, 0.2) is 12.3 Å². The van der Waals surface area contributed by atoms with Crippen LogP contribution in [0, 0.1) is 0 Å². The highest BCUT2D eigenvalue weighted by Gasteiger charge is 1.99. The van der Waals surface area contributed by atoms with Gasteiger partial charge in [0.15, 0.2) is 0 Å². The maximum absolute atomic E-state index is 10.2. The van der Waals surface area contributed by atoms with Crippen molar-refractivity contribution in [1.29, 1.82) is 0 Å². The van der Waals surface area contributed by atoms with Gasteiger partial charge >= 0.3 is 6.09 Å². The molecule has 1 aliphatic heterocycles. The molecule has 0 saturated carbocycles. The second-order valence-corrected chi connectivity index (χ2v) is 1.19. The quantitative estimate of drug-likeness (QED) is 0.489. The van der Waals surface area contributed by atoms with E-state index in [2.05, 4.69) is 9.57 Å². The van der Waals surface area contributed by atoms with Crippen LogP contribution in [0.3, 0.4) is 0 Å². The number of hydrogen-bond acceptors (Lipinski definition) is 3. The fourth-order valence-electron chi connectivity index (χ4n) is 0.322. The van der Waals surface area contributed by atoms with E-state index in [9.17, 15) is 4.79 Å². The van der Waals surface area contributed by atoms with Gasteiger partial charge in [-0.25, -0.2) is 4.79 Å². The van der Waals surface area contributed by atoms with E-state index < -0.39 is 6.09 Å². The summed E-state index contributed by atoms with van der Waals surface area (Å²) in [6.07, 6.45) is 2.28. The lowest BCUT2D eigenvalue weighted by Gasteiger charge is -1.94. The summed E-state index contributed by atoms with van der Waals surface area (Å²) in [4.78, 5) is 14.7. The topological polar surface area (TPSA) is 47.6 Å². The number of carbonyl (C=O) groups is 1. The molecule has 0 atom stereocenters. The van der Waals surface area contributed by atoms with Gasteiger partial charge in [-0.3, -0.25) is 4.84 Å². The molecule has 0 fully saturated rings. The van der Waals surface area contributed by atoms with Crippen molar-refractivity contribution in [1.82, 2.24) is 5.48 Å². The maximum Gasteiger partial charge on any atom is 0.436 e. The molecule has 0 saturated heterocycles. The molecule has 0 radical (unpaired) electrons. The van der Waals surface area contributed by atoms with Gasteiger partial charge < -0.3 is 4.74 Å². The van der Waals surface area contributed by atoms with Crippen molar-refractivity contribution < 1.29 is 14.4 Å². The summed E-state index contributed by atoms with van der Waals surface area (Å²) in [7, 11) is 0. The maximum atomic E-state index is 10.2. The number of ether oxygens (including phenoxy) is 1. The highest BCUT2D eigenvalue weighted by atomic mass is 16.7. The normalized spacial score (nSPS) is 18.8. The first-order valence-electron chi connectivity index (χ1n) is 2.13. The lowest BCUT2D eigenvalue weighted by Crippen LogP contribution is -2.20. The Labute approximate surface area is 46.0 Å². The Morgan fingerprint density at radius 1 is 1.75 bits per heavy atom. The Morgan fingerprint density at radius 3 is 3.50 bits per heavy atom. The van der Waals surface area contributed by atoms with Gasteiger partial charge in [-0.1, -0.05) is 0 Å². The number of cyclic esters (lactones) is 1. The van der Waals surface area contributed by atoms with Gasteiger partial charge in [-0.2, -0.15) is 5.48 Å². The van der Waals surface area contributed by atoms with E-state index in [4.69, 9.17) is 0 Å². The molecule has 1 rings (SSSR count). The summed E-state index contributed by atoms with van der Waals surface area (Å²) in [5.74, 6) is 0. The van der Waals surface area contributed by atoms with Crippen LogP contribution in [-0.4, -0.2) is 12.7 Å². The Morgan fingerprint density at radius 2 is 2.62 bits per heavy atom. The lowest BCUT2D eigenvalue weighted by molar-refractivity contribution is 0.0655. The molecule has 44 valence electrons. The van der Waals surface area contributed by atoms with E-state index in [1.165, 1.54) is 6.26 Å². The van der Waals surface area contributed by atoms with Gasteiger partial charge in [0.05, 0.1) is 12.9 Å². The Bertz CT molecular complexity index is 120. The molecule has 1 N–H and O–H groups in total. The zero-order chi connectivity index (χ0) is 5.82. The fourth-order valence-corrected chi connectivity index (χ4v) is 0.322. The molecular formula is C4H5NO3. The largest absolute Gasteiger partial charge is 0.436 e. The number of rotatable bonds is 0. The van der Waals surface area contributed by atoms with E-state index in [0.29, 0.717) is 6.61 Å². The summed E-state index contributed by atoms with van der Waals surface area (Å²) in [6, 6.07) is 0. The molecule has 0 aromatic carbocycles. The van der Waals surface area contributed by atoms with Gasteiger partial charge in [0.1, 0.15) is 0 Å². The zero-order valence-corrected chi connectivity index (χ0v) is 4.09. The number of amides is 1. The van der Waals surface area contributed by atoms with Gasteiger partial charge in [0.25, 0.3) is 0 Å². The first-order chi connectivity index (χ1) is 3.89. The van der Waals surface area contributed by atoms with E-state index >= 15 is 0 Å². The smallest absolute Gasteiger partial charge is 0.417 e. The predicted molar refractivity (Wildman–Crippen MR) is 24.7 cm³/mol. The third-order valence-corrected chi connectivity index (χ3v) is 0.606.